The van der Waals surface area contributed by atoms with Crippen molar-refractivity contribution in [3.05, 3.63) is 105 Å². The zero-order valence-corrected chi connectivity index (χ0v) is 16.8. The molecule has 0 aliphatic rings. The van der Waals surface area contributed by atoms with Crippen molar-refractivity contribution in [3.63, 3.8) is 0 Å². The third-order valence-corrected chi connectivity index (χ3v) is 4.89. The van der Waals surface area contributed by atoms with Gasteiger partial charge in [0.05, 0.1) is 10.6 Å². The first-order valence-electron chi connectivity index (χ1n) is 9.60. The van der Waals surface area contributed by atoms with Crippen LogP contribution in [-0.2, 0) is 6.61 Å². The molecule has 0 bridgehead atoms. The molecule has 30 heavy (non-hydrogen) atoms. The summed E-state index contributed by atoms with van der Waals surface area (Å²) in [6.45, 7) is 4.32. The van der Waals surface area contributed by atoms with Gasteiger partial charge in [-0.25, -0.2) is 4.98 Å². The van der Waals surface area contributed by atoms with Crippen LogP contribution >= 0.6 is 0 Å². The topological polar surface area (TPSA) is 69.7 Å². The van der Waals surface area contributed by atoms with Crippen LogP contribution in [0.5, 0.6) is 5.75 Å². The highest BCUT2D eigenvalue weighted by Crippen LogP contribution is 2.29. The minimum atomic E-state index is -0.428. The van der Waals surface area contributed by atoms with E-state index in [0.717, 1.165) is 33.7 Å². The summed E-state index contributed by atoms with van der Waals surface area (Å²) in [4.78, 5) is 15.6. The number of nitro groups is 1. The molecule has 0 unspecified atom stereocenters. The Morgan fingerprint density at radius 3 is 2.63 bits per heavy atom. The lowest BCUT2D eigenvalue weighted by molar-refractivity contribution is -0.385. The molecule has 150 valence electrons. The van der Waals surface area contributed by atoms with Gasteiger partial charge in [-0.15, -0.1) is 0 Å². The summed E-state index contributed by atoms with van der Waals surface area (Å²) in [6, 6.07) is 18.5. The Bertz CT molecular complexity index is 1240. The molecule has 0 fully saturated rings. The summed E-state index contributed by atoms with van der Waals surface area (Å²) in [6.07, 6.45) is 5.86. The van der Waals surface area contributed by atoms with Crippen molar-refractivity contribution in [2.75, 3.05) is 0 Å². The van der Waals surface area contributed by atoms with Crippen LogP contribution in [0.25, 0.3) is 17.8 Å². The lowest BCUT2D eigenvalue weighted by Gasteiger charge is -2.08. The number of nitrogens with zero attached hydrogens (tertiary/aromatic N) is 3. The van der Waals surface area contributed by atoms with Crippen LogP contribution < -0.4 is 4.74 Å². The van der Waals surface area contributed by atoms with Gasteiger partial charge in [0.15, 0.2) is 5.75 Å². The van der Waals surface area contributed by atoms with Gasteiger partial charge in [0, 0.05) is 18.0 Å². The average Bonchev–Trinajstić information content (AvgIpc) is 3.06. The molecule has 2 heterocycles. The second kappa shape index (κ2) is 8.21. The highest BCUT2D eigenvalue weighted by atomic mass is 16.6. The summed E-state index contributed by atoms with van der Waals surface area (Å²) in [7, 11) is 0. The number of rotatable bonds is 6. The first-order valence-corrected chi connectivity index (χ1v) is 9.60. The Kier molecular flexibility index (Phi) is 5.30. The third kappa shape index (κ3) is 4.07. The van der Waals surface area contributed by atoms with Crippen molar-refractivity contribution in [1.29, 1.82) is 0 Å². The van der Waals surface area contributed by atoms with Gasteiger partial charge in [0.1, 0.15) is 12.3 Å². The van der Waals surface area contributed by atoms with E-state index in [4.69, 9.17) is 4.74 Å². The number of nitro benzene ring substituents is 1. The molecule has 0 aliphatic heterocycles. The molecule has 0 spiro atoms. The van der Waals surface area contributed by atoms with E-state index < -0.39 is 4.92 Å². The van der Waals surface area contributed by atoms with Crippen molar-refractivity contribution in [2.45, 2.75) is 20.5 Å². The van der Waals surface area contributed by atoms with Gasteiger partial charge >= 0.3 is 5.69 Å². The van der Waals surface area contributed by atoms with Crippen molar-refractivity contribution in [2.24, 2.45) is 0 Å². The molecule has 0 aliphatic carbocycles. The highest BCUT2D eigenvalue weighted by molar-refractivity contribution is 5.72. The van der Waals surface area contributed by atoms with Crippen molar-refractivity contribution >= 4 is 23.5 Å². The highest BCUT2D eigenvalue weighted by Gasteiger charge is 2.15. The third-order valence-electron chi connectivity index (χ3n) is 4.89. The smallest absolute Gasteiger partial charge is 0.310 e. The summed E-state index contributed by atoms with van der Waals surface area (Å²) in [5, 5.41) is 11.4. The van der Waals surface area contributed by atoms with Crippen LogP contribution in [0.2, 0.25) is 0 Å². The molecule has 6 heteroatoms. The summed E-state index contributed by atoms with van der Waals surface area (Å²) < 4.78 is 7.82. The number of hydrogen-bond acceptors (Lipinski definition) is 4. The number of hydrogen-bond donors (Lipinski definition) is 0. The molecule has 2 aromatic heterocycles. The quantitative estimate of drug-likeness (QED) is 0.312. The lowest BCUT2D eigenvalue weighted by atomic mass is 10.1. The number of ether oxygens (including phenoxy) is 1. The monoisotopic (exact) mass is 399 g/mol. The van der Waals surface area contributed by atoms with Crippen LogP contribution in [0.15, 0.2) is 66.9 Å². The number of imidazole rings is 1. The number of fused-ring (bicyclic) bond motifs is 1. The summed E-state index contributed by atoms with van der Waals surface area (Å²) >= 11 is 0. The van der Waals surface area contributed by atoms with Crippen LogP contribution in [0.3, 0.4) is 0 Å². The molecule has 0 saturated carbocycles. The van der Waals surface area contributed by atoms with E-state index in [1.807, 2.05) is 68.5 Å². The molecule has 0 amide bonds. The predicted molar refractivity (Wildman–Crippen MR) is 117 cm³/mol. The maximum absolute atomic E-state index is 11.4. The zero-order chi connectivity index (χ0) is 21.1. The number of pyridine rings is 1. The maximum Gasteiger partial charge on any atom is 0.310 e. The fourth-order valence-corrected chi connectivity index (χ4v) is 3.26. The summed E-state index contributed by atoms with van der Waals surface area (Å²) in [5.41, 5.74) is 5.63. The minimum Gasteiger partial charge on any atom is -0.482 e. The molecular weight excluding hydrogens is 378 g/mol. The SMILES string of the molecule is Cc1ccc2nc(C=Cc3ccc([N+](=O)[O-])c(OCc4ccccc4)c3)c(C)n2c1. The Morgan fingerprint density at radius 1 is 1.07 bits per heavy atom. The van der Waals surface area contributed by atoms with Gasteiger partial charge in [0.2, 0.25) is 0 Å². The van der Waals surface area contributed by atoms with E-state index in [2.05, 4.69) is 15.6 Å². The van der Waals surface area contributed by atoms with E-state index in [1.165, 1.54) is 6.07 Å². The fourth-order valence-electron chi connectivity index (χ4n) is 3.26. The normalized spacial score (nSPS) is 11.3. The molecule has 0 saturated heterocycles. The molecule has 2 aromatic carbocycles. The first-order chi connectivity index (χ1) is 14.5. The molecule has 0 atom stereocenters. The van der Waals surface area contributed by atoms with Gasteiger partial charge in [0.25, 0.3) is 0 Å². The number of benzene rings is 2. The standard InChI is InChI=1S/C24H21N3O3/c1-17-8-13-24-25-21(18(2)26(24)15-17)11-9-19-10-12-22(27(28)29)23(14-19)30-16-20-6-4-3-5-7-20/h3-15H,16H2,1-2H3. The zero-order valence-electron chi connectivity index (χ0n) is 16.8. The first kappa shape index (κ1) is 19.4. The Hall–Kier alpha value is -3.93. The molecule has 6 nitrogen and oxygen atoms in total. The van der Waals surface area contributed by atoms with E-state index in [1.54, 1.807) is 12.1 Å². The Labute approximate surface area is 174 Å². The molecule has 0 radical (unpaired) electrons. The van der Waals surface area contributed by atoms with E-state index in [0.29, 0.717) is 0 Å². The predicted octanol–water partition coefficient (Wildman–Crippen LogP) is 5.61. The van der Waals surface area contributed by atoms with Gasteiger partial charge in [-0.1, -0.05) is 42.5 Å². The summed E-state index contributed by atoms with van der Waals surface area (Å²) in [5.74, 6) is 0.244. The molecule has 4 aromatic rings. The second-order valence-electron chi connectivity index (χ2n) is 7.11. The van der Waals surface area contributed by atoms with Crippen molar-refractivity contribution in [1.82, 2.24) is 9.38 Å². The van der Waals surface area contributed by atoms with Crippen molar-refractivity contribution < 1.29 is 9.66 Å². The fraction of sp³-hybridized carbons (Fsp3) is 0.125. The maximum atomic E-state index is 11.4. The molecule has 0 N–H and O–H groups in total. The van der Waals surface area contributed by atoms with Crippen molar-refractivity contribution in [3.8, 4) is 5.75 Å². The number of aryl methyl sites for hydroxylation is 2. The van der Waals surface area contributed by atoms with Crippen LogP contribution in [0.1, 0.15) is 28.1 Å². The van der Waals surface area contributed by atoms with E-state index in [-0.39, 0.29) is 18.0 Å². The molecule has 4 rings (SSSR count). The number of aromatic nitrogens is 2. The minimum absolute atomic E-state index is 0.0533. The van der Waals surface area contributed by atoms with Gasteiger partial charge in [-0.05, 0) is 54.8 Å². The second-order valence-corrected chi connectivity index (χ2v) is 7.11. The van der Waals surface area contributed by atoms with Crippen LogP contribution in [0, 0.1) is 24.0 Å². The van der Waals surface area contributed by atoms with Gasteiger partial charge in [-0.2, -0.15) is 0 Å². The van der Waals surface area contributed by atoms with Gasteiger partial charge < -0.3 is 9.14 Å². The Balaban J connectivity index is 1.61. The lowest BCUT2D eigenvalue weighted by Crippen LogP contribution is -1.99. The largest absolute Gasteiger partial charge is 0.482 e. The Morgan fingerprint density at radius 2 is 1.87 bits per heavy atom. The molecular formula is C24H21N3O3. The van der Waals surface area contributed by atoms with Gasteiger partial charge in [-0.3, -0.25) is 10.1 Å². The van der Waals surface area contributed by atoms with E-state index >= 15 is 0 Å². The van der Waals surface area contributed by atoms with Crippen LogP contribution in [-0.4, -0.2) is 14.3 Å². The average molecular weight is 399 g/mol. The van der Waals surface area contributed by atoms with Crippen LogP contribution in [0.4, 0.5) is 5.69 Å². The van der Waals surface area contributed by atoms with E-state index in [9.17, 15) is 10.1 Å².